The zero-order chi connectivity index (χ0) is 16.6. The van der Waals surface area contributed by atoms with Crippen LogP contribution in [0.5, 0.6) is 0 Å². The summed E-state index contributed by atoms with van der Waals surface area (Å²) in [5, 5.41) is 13.2. The van der Waals surface area contributed by atoms with E-state index < -0.39 is 0 Å². The fourth-order valence-corrected chi connectivity index (χ4v) is 3.52. The van der Waals surface area contributed by atoms with Crippen LogP contribution in [0.15, 0.2) is 30.3 Å². The third-order valence-electron chi connectivity index (χ3n) is 4.86. The van der Waals surface area contributed by atoms with Gasteiger partial charge in [0.1, 0.15) is 11.4 Å². The first-order chi connectivity index (χ1) is 11.9. The molecule has 1 heterocycles. The molecule has 24 heavy (non-hydrogen) atoms. The second-order valence-corrected chi connectivity index (χ2v) is 6.88. The highest BCUT2D eigenvalue weighted by atomic mass is 15.5. The van der Waals surface area contributed by atoms with Crippen molar-refractivity contribution in [3.8, 4) is 11.3 Å². The van der Waals surface area contributed by atoms with Crippen molar-refractivity contribution in [2.45, 2.75) is 77.4 Å². The lowest BCUT2D eigenvalue weighted by Crippen LogP contribution is -2.29. The van der Waals surface area contributed by atoms with E-state index in [2.05, 4.69) is 36.5 Å². The van der Waals surface area contributed by atoms with E-state index in [1.54, 1.807) is 0 Å². The van der Waals surface area contributed by atoms with E-state index in [1.165, 1.54) is 44.9 Å². The molecular weight excluding hydrogens is 296 g/mol. The number of aromatic nitrogens is 3. The van der Waals surface area contributed by atoms with Gasteiger partial charge in [0.2, 0.25) is 0 Å². The van der Waals surface area contributed by atoms with E-state index in [4.69, 9.17) is 10.2 Å². The molecule has 0 spiro atoms. The van der Waals surface area contributed by atoms with Gasteiger partial charge in [-0.25, -0.2) is 0 Å². The molecular formula is C20H30N4. The highest BCUT2D eigenvalue weighted by Crippen LogP contribution is 2.21. The number of aryl methyl sites for hydroxylation is 1. The van der Waals surface area contributed by atoms with Gasteiger partial charge in [-0.15, -0.1) is 0 Å². The summed E-state index contributed by atoms with van der Waals surface area (Å²) in [6.07, 6.45) is 10.5. The average Bonchev–Trinajstić information content (AvgIpc) is 2.98. The SMILES string of the molecule is CCCn1nc(CNC2CCCCCCC2)c(-c2ccccc2)n1. The van der Waals surface area contributed by atoms with Crippen LogP contribution in [0.4, 0.5) is 0 Å². The maximum atomic E-state index is 4.75. The van der Waals surface area contributed by atoms with Crippen LogP contribution < -0.4 is 5.32 Å². The lowest BCUT2D eigenvalue weighted by Gasteiger charge is -2.20. The molecule has 0 unspecified atom stereocenters. The quantitative estimate of drug-likeness (QED) is 0.846. The Morgan fingerprint density at radius 3 is 2.42 bits per heavy atom. The van der Waals surface area contributed by atoms with Crippen molar-refractivity contribution in [2.75, 3.05) is 0 Å². The van der Waals surface area contributed by atoms with Gasteiger partial charge in [-0.2, -0.15) is 15.0 Å². The molecule has 1 aliphatic carbocycles. The second-order valence-electron chi connectivity index (χ2n) is 6.88. The topological polar surface area (TPSA) is 42.7 Å². The summed E-state index contributed by atoms with van der Waals surface area (Å²) in [7, 11) is 0. The predicted octanol–water partition coefficient (Wildman–Crippen LogP) is 4.56. The molecule has 4 heteroatoms. The van der Waals surface area contributed by atoms with Crippen LogP contribution in [0.25, 0.3) is 11.3 Å². The highest BCUT2D eigenvalue weighted by molar-refractivity contribution is 5.60. The Bertz CT molecular complexity index is 597. The van der Waals surface area contributed by atoms with Crippen molar-refractivity contribution >= 4 is 0 Å². The third kappa shape index (κ3) is 4.67. The van der Waals surface area contributed by atoms with E-state index in [9.17, 15) is 0 Å². The molecule has 0 atom stereocenters. The maximum absolute atomic E-state index is 4.75. The minimum absolute atomic E-state index is 0.630. The van der Waals surface area contributed by atoms with Crippen molar-refractivity contribution in [1.82, 2.24) is 20.3 Å². The van der Waals surface area contributed by atoms with Gasteiger partial charge >= 0.3 is 0 Å². The van der Waals surface area contributed by atoms with E-state index in [1.807, 2.05) is 10.9 Å². The maximum Gasteiger partial charge on any atom is 0.117 e. The van der Waals surface area contributed by atoms with Gasteiger partial charge in [0.05, 0.1) is 6.54 Å². The van der Waals surface area contributed by atoms with Crippen molar-refractivity contribution in [2.24, 2.45) is 0 Å². The van der Waals surface area contributed by atoms with E-state index in [0.29, 0.717) is 6.04 Å². The van der Waals surface area contributed by atoms with Crippen molar-refractivity contribution in [3.63, 3.8) is 0 Å². The van der Waals surface area contributed by atoms with E-state index in [-0.39, 0.29) is 0 Å². The Balaban J connectivity index is 1.71. The lowest BCUT2D eigenvalue weighted by atomic mass is 9.96. The molecule has 3 rings (SSSR count). The summed E-state index contributed by atoms with van der Waals surface area (Å²) in [4.78, 5) is 1.86. The Morgan fingerprint density at radius 1 is 1.00 bits per heavy atom. The second kappa shape index (κ2) is 8.97. The van der Waals surface area contributed by atoms with Crippen LogP contribution in [0.3, 0.4) is 0 Å². The summed E-state index contributed by atoms with van der Waals surface area (Å²) >= 11 is 0. The zero-order valence-electron chi connectivity index (χ0n) is 14.9. The molecule has 0 radical (unpaired) electrons. The fourth-order valence-electron chi connectivity index (χ4n) is 3.52. The summed E-state index contributed by atoms with van der Waals surface area (Å²) in [6, 6.07) is 11.1. The molecule has 0 aliphatic heterocycles. The fraction of sp³-hybridized carbons (Fsp3) is 0.600. The van der Waals surface area contributed by atoms with Gasteiger partial charge in [0.25, 0.3) is 0 Å². The van der Waals surface area contributed by atoms with Gasteiger partial charge in [0, 0.05) is 18.2 Å². The van der Waals surface area contributed by atoms with Gasteiger partial charge in [-0.3, -0.25) is 0 Å². The Kier molecular flexibility index (Phi) is 6.41. The summed E-state index contributed by atoms with van der Waals surface area (Å²) < 4.78 is 0. The van der Waals surface area contributed by atoms with Crippen molar-refractivity contribution in [1.29, 1.82) is 0 Å². The minimum Gasteiger partial charge on any atom is -0.308 e. The molecule has 2 aromatic rings. The summed E-state index contributed by atoms with van der Waals surface area (Å²) in [5.41, 5.74) is 3.27. The number of hydrogen-bond acceptors (Lipinski definition) is 3. The Labute approximate surface area is 145 Å². The minimum atomic E-state index is 0.630. The van der Waals surface area contributed by atoms with Gasteiger partial charge in [-0.1, -0.05) is 69.4 Å². The first kappa shape index (κ1) is 17.2. The lowest BCUT2D eigenvalue weighted by molar-refractivity contribution is 0.386. The number of benzene rings is 1. The molecule has 1 aromatic carbocycles. The van der Waals surface area contributed by atoms with Crippen molar-refractivity contribution < 1.29 is 0 Å². The Morgan fingerprint density at radius 2 is 1.71 bits per heavy atom. The molecule has 1 saturated carbocycles. The molecule has 1 N–H and O–H groups in total. The van der Waals surface area contributed by atoms with Gasteiger partial charge in [-0.05, 0) is 19.3 Å². The monoisotopic (exact) mass is 326 g/mol. The summed E-state index contributed by atoms with van der Waals surface area (Å²) in [5.74, 6) is 0. The number of hydrogen-bond donors (Lipinski definition) is 1. The van der Waals surface area contributed by atoms with Gasteiger partial charge in [0.15, 0.2) is 0 Å². The largest absolute Gasteiger partial charge is 0.308 e. The number of rotatable bonds is 6. The molecule has 1 aliphatic rings. The molecule has 130 valence electrons. The predicted molar refractivity (Wildman–Crippen MR) is 98.7 cm³/mol. The smallest absolute Gasteiger partial charge is 0.117 e. The van der Waals surface area contributed by atoms with Crippen LogP contribution in [0, 0.1) is 0 Å². The van der Waals surface area contributed by atoms with Crippen LogP contribution in [-0.4, -0.2) is 21.0 Å². The standard InChI is InChI=1S/C20H30N4/c1-2-15-24-22-19(20(23-24)17-11-7-6-8-12-17)16-21-18-13-9-4-3-5-10-14-18/h6-8,11-12,18,21H,2-5,9-10,13-16H2,1H3. The Hall–Kier alpha value is -1.68. The number of nitrogens with one attached hydrogen (secondary N) is 1. The average molecular weight is 326 g/mol. The van der Waals surface area contributed by atoms with E-state index >= 15 is 0 Å². The zero-order valence-corrected chi connectivity index (χ0v) is 14.9. The highest BCUT2D eigenvalue weighted by Gasteiger charge is 2.16. The molecule has 0 amide bonds. The first-order valence-corrected chi connectivity index (χ1v) is 9.59. The van der Waals surface area contributed by atoms with Crippen LogP contribution in [0.2, 0.25) is 0 Å². The first-order valence-electron chi connectivity index (χ1n) is 9.59. The molecule has 1 fully saturated rings. The van der Waals surface area contributed by atoms with E-state index in [0.717, 1.165) is 36.5 Å². The van der Waals surface area contributed by atoms with Crippen molar-refractivity contribution in [3.05, 3.63) is 36.0 Å². The summed E-state index contributed by atoms with van der Waals surface area (Å²) in [6.45, 7) is 3.86. The molecule has 4 nitrogen and oxygen atoms in total. The van der Waals surface area contributed by atoms with Gasteiger partial charge < -0.3 is 5.32 Å². The molecule has 1 aromatic heterocycles. The third-order valence-corrected chi connectivity index (χ3v) is 4.86. The van der Waals surface area contributed by atoms with Crippen LogP contribution in [-0.2, 0) is 13.1 Å². The molecule has 0 saturated heterocycles. The molecule has 0 bridgehead atoms. The normalized spacial score (nSPS) is 16.7. The number of nitrogens with zero attached hydrogens (tertiary/aromatic N) is 3. The van der Waals surface area contributed by atoms with Crippen LogP contribution in [0.1, 0.15) is 64.0 Å². The van der Waals surface area contributed by atoms with Crippen LogP contribution >= 0.6 is 0 Å².